The van der Waals surface area contributed by atoms with E-state index < -0.39 is 11.6 Å². The topological polar surface area (TPSA) is 70.7 Å². The van der Waals surface area contributed by atoms with Crippen molar-refractivity contribution < 1.29 is 14.3 Å². The van der Waals surface area contributed by atoms with Crippen molar-refractivity contribution in [3.05, 3.63) is 95.0 Å². The third kappa shape index (κ3) is 5.39. The van der Waals surface area contributed by atoms with Crippen LogP contribution in [0, 0.1) is 0 Å². The zero-order valence-electron chi connectivity index (χ0n) is 20.9. The van der Waals surface area contributed by atoms with E-state index in [1.165, 1.54) is 0 Å². The van der Waals surface area contributed by atoms with Crippen molar-refractivity contribution in [1.82, 2.24) is 5.32 Å². The lowest BCUT2D eigenvalue weighted by Crippen LogP contribution is -2.44. The molecule has 0 saturated heterocycles. The quantitative estimate of drug-likeness (QED) is 0.391. The summed E-state index contributed by atoms with van der Waals surface area (Å²) in [5, 5.41) is 6.50. The molecule has 0 saturated carbocycles. The van der Waals surface area contributed by atoms with Crippen molar-refractivity contribution in [1.29, 1.82) is 0 Å². The molecule has 0 aliphatic carbocycles. The summed E-state index contributed by atoms with van der Waals surface area (Å²) in [6.45, 7) is 11.8. The Morgan fingerprint density at radius 1 is 1.11 bits per heavy atom. The zero-order chi connectivity index (χ0) is 26.0. The van der Waals surface area contributed by atoms with Gasteiger partial charge in [0.05, 0.1) is 17.8 Å². The van der Waals surface area contributed by atoms with Crippen LogP contribution in [0.15, 0.2) is 73.3 Å². The van der Waals surface area contributed by atoms with Gasteiger partial charge in [0.1, 0.15) is 5.75 Å². The third-order valence-corrected chi connectivity index (χ3v) is 6.58. The first-order valence-corrected chi connectivity index (χ1v) is 12.1. The fourth-order valence-electron chi connectivity index (χ4n) is 4.14. The van der Waals surface area contributed by atoms with Crippen LogP contribution >= 0.6 is 11.6 Å². The van der Waals surface area contributed by atoms with E-state index >= 15 is 0 Å². The molecule has 7 heteroatoms. The second-order valence-electron chi connectivity index (χ2n) is 9.52. The van der Waals surface area contributed by atoms with Crippen molar-refractivity contribution in [3.8, 4) is 5.75 Å². The number of nitrogens with zero attached hydrogens (tertiary/aromatic N) is 1. The van der Waals surface area contributed by atoms with E-state index in [0.29, 0.717) is 28.7 Å². The first kappa shape index (κ1) is 25.3. The van der Waals surface area contributed by atoms with Crippen LogP contribution in [0.25, 0.3) is 5.57 Å². The van der Waals surface area contributed by atoms with E-state index in [2.05, 4.69) is 17.2 Å². The number of benzene rings is 3. The molecule has 6 nitrogen and oxygen atoms in total. The summed E-state index contributed by atoms with van der Waals surface area (Å²) in [6, 6.07) is 20.2. The second-order valence-corrected chi connectivity index (χ2v) is 9.93. The Morgan fingerprint density at radius 3 is 2.58 bits per heavy atom. The molecule has 0 fully saturated rings. The lowest BCUT2D eigenvalue weighted by atomic mass is 9.92. The smallest absolute Gasteiger partial charge is 0.319 e. The Kier molecular flexibility index (Phi) is 7.09. The molecule has 1 unspecified atom stereocenters. The van der Waals surface area contributed by atoms with Crippen LogP contribution in [0.2, 0.25) is 5.02 Å². The lowest BCUT2D eigenvalue weighted by molar-refractivity contribution is -0.125. The summed E-state index contributed by atoms with van der Waals surface area (Å²) in [5.41, 5.74) is 4.24. The molecule has 4 rings (SSSR count). The molecule has 36 heavy (non-hydrogen) atoms. The van der Waals surface area contributed by atoms with E-state index in [-0.39, 0.29) is 11.9 Å². The highest BCUT2D eigenvalue weighted by molar-refractivity contribution is 6.31. The highest BCUT2D eigenvalue weighted by atomic mass is 35.5. The molecule has 0 spiro atoms. The fourth-order valence-corrected chi connectivity index (χ4v) is 4.33. The van der Waals surface area contributed by atoms with Crippen molar-refractivity contribution in [2.45, 2.75) is 45.9 Å². The molecule has 0 aromatic heterocycles. The molecule has 1 aliphatic heterocycles. The van der Waals surface area contributed by atoms with Gasteiger partial charge in [-0.25, -0.2) is 4.79 Å². The Bertz CT molecular complexity index is 1330. The molecular weight excluding hydrogens is 474 g/mol. The fraction of sp³-hybridized carbons (Fsp3) is 0.241. The van der Waals surface area contributed by atoms with Gasteiger partial charge in [0.15, 0.2) is 6.10 Å². The van der Waals surface area contributed by atoms with Crippen LogP contribution in [0.4, 0.5) is 16.2 Å². The average molecular weight is 504 g/mol. The number of fused-ring (bicyclic) bond motifs is 1. The van der Waals surface area contributed by atoms with Crippen molar-refractivity contribution in [2.24, 2.45) is 0 Å². The Balaban J connectivity index is 1.55. The van der Waals surface area contributed by atoms with E-state index in [1.54, 1.807) is 36.1 Å². The van der Waals surface area contributed by atoms with Gasteiger partial charge in [0, 0.05) is 10.7 Å². The van der Waals surface area contributed by atoms with Gasteiger partial charge in [-0.1, -0.05) is 60.2 Å². The van der Waals surface area contributed by atoms with Crippen LogP contribution < -0.4 is 20.3 Å². The maximum Gasteiger partial charge on any atom is 0.319 e. The van der Waals surface area contributed by atoms with E-state index in [1.807, 2.05) is 63.2 Å². The lowest BCUT2D eigenvalue weighted by Gasteiger charge is -2.33. The minimum atomic E-state index is -0.631. The number of nitrogens with one attached hydrogen (secondary N) is 2. The summed E-state index contributed by atoms with van der Waals surface area (Å²) < 4.78 is 5.81. The van der Waals surface area contributed by atoms with Gasteiger partial charge in [-0.15, -0.1) is 0 Å². The standard InChI is InChI=1S/C29H30ClN3O3/c1-18(2)20-10-8-11-22(15-20)29(4,5)32-28(35)31-23-13-14-26-25(16-23)33(27(34)19(3)36-26)17-21-9-6-7-12-24(21)30/h6-16,19H,1,17H2,2-5H3,(H2,31,32,35). The number of hydrogen-bond acceptors (Lipinski definition) is 3. The first-order chi connectivity index (χ1) is 17.0. The summed E-state index contributed by atoms with van der Waals surface area (Å²) in [4.78, 5) is 27.6. The highest BCUT2D eigenvalue weighted by Crippen LogP contribution is 2.38. The molecule has 3 aromatic rings. The van der Waals surface area contributed by atoms with E-state index in [0.717, 1.165) is 22.3 Å². The summed E-state index contributed by atoms with van der Waals surface area (Å²) in [7, 11) is 0. The van der Waals surface area contributed by atoms with Gasteiger partial charge < -0.3 is 20.3 Å². The van der Waals surface area contributed by atoms with Gasteiger partial charge in [-0.2, -0.15) is 0 Å². The number of halogens is 1. The third-order valence-electron chi connectivity index (χ3n) is 6.21. The molecule has 3 amide bonds. The molecule has 3 aromatic carbocycles. The number of urea groups is 1. The Hall–Kier alpha value is -3.77. The number of allylic oxidation sites excluding steroid dienone is 1. The van der Waals surface area contributed by atoms with Gasteiger partial charge in [-0.05, 0) is 74.7 Å². The number of carbonyl (C=O) groups excluding carboxylic acids is 2. The van der Waals surface area contributed by atoms with Crippen LogP contribution in [0.3, 0.4) is 0 Å². The molecule has 1 heterocycles. The maximum absolute atomic E-state index is 13.0. The Labute approximate surface area is 216 Å². The molecule has 1 atom stereocenters. The molecule has 2 N–H and O–H groups in total. The monoisotopic (exact) mass is 503 g/mol. The minimum Gasteiger partial charge on any atom is -0.479 e. The van der Waals surface area contributed by atoms with Crippen LogP contribution in [-0.4, -0.2) is 18.0 Å². The number of amides is 3. The molecule has 186 valence electrons. The maximum atomic E-state index is 13.0. The highest BCUT2D eigenvalue weighted by Gasteiger charge is 2.32. The average Bonchev–Trinajstić information content (AvgIpc) is 2.83. The van der Waals surface area contributed by atoms with Crippen LogP contribution in [0.1, 0.15) is 44.4 Å². The second kappa shape index (κ2) is 10.1. The number of rotatable bonds is 6. The van der Waals surface area contributed by atoms with Gasteiger partial charge >= 0.3 is 6.03 Å². The van der Waals surface area contributed by atoms with Gasteiger partial charge in [0.25, 0.3) is 5.91 Å². The van der Waals surface area contributed by atoms with E-state index in [9.17, 15) is 9.59 Å². The largest absolute Gasteiger partial charge is 0.479 e. The summed E-state index contributed by atoms with van der Waals surface area (Å²) in [6.07, 6.45) is -0.627. The Morgan fingerprint density at radius 2 is 1.86 bits per heavy atom. The van der Waals surface area contributed by atoms with Crippen LogP contribution in [-0.2, 0) is 16.9 Å². The number of hydrogen-bond donors (Lipinski definition) is 2. The summed E-state index contributed by atoms with van der Waals surface area (Å²) in [5.74, 6) is 0.389. The number of ether oxygens (including phenoxy) is 1. The van der Waals surface area contributed by atoms with Crippen molar-refractivity contribution in [3.63, 3.8) is 0 Å². The van der Waals surface area contributed by atoms with Crippen LogP contribution in [0.5, 0.6) is 5.75 Å². The first-order valence-electron chi connectivity index (χ1n) is 11.8. The predicted molar refractivity (Wildman–Crippen MR) is 146 cm³/mol. The van der Waals surface area contributed by atoms with Gasteiger partial charge in [0.2, 0.25) is 0 Å². The summed E-state index contributed by atoms with van der Waals surface area (Å²) >= 11 is 6.35. The van der Waals surface area contributed by atoms with Crippen molar-refractivity contribution in [2.75, 3.05) is 10.2 Å². The molecular formula is C29H30ClN3O3. The SMILES string of the molecule is C=C(C)c1cccc(C(C)(C)NC(=O)Nc2ccc3c(c2)N(Cc2ccccc2Cl)C(=O)C(C)O3)c1. The predicted octanol–water partition coefficient (Wildman–Crippen LogP) is 6.74. The normalized spacial score (nSPS) is 15.1. The number of anilines is 2. The zero-order valence-corrected chi connectivity index (χ0v) is 21.6. The minimum absolute atomic E-state index is 0.178. The van der Waals surface area contributed by atoms with Crippen molar-refractivity contribution >= 4 is 40.5 Å². The molecule has 0 radical (unpaired) electrons. The number of carbonyl (C=O) groups is 2. The van der Waals surface area contributed by atoms with Gasteiger partial charge in [-0.3, -0.25) is 4.79 Å². The molecule has 0 bridgehead atoms. The van der Waals surface area contributed by atoms with E-state index in [4.69, 9.17) is 16.3 Å². The molecule has 1 aliphatic rings.